The third kappa shape index (κ3) is 4.87. The second kappa shape index (κ2) is 8.10. The van der Waals surface area contributed by atoms with Crippen LogP contribution in [0.1, 0.15) is 26.3 Å². The Balaban J connectivity index is 2.27. The van der Waals surface area contributed by atoms with E-state index in [0.29, 0.717) is 23.2 Å². The molecule has 10 heteroatoms. The quantitative estimate of drug-likeness (QED) is 0.566. The number of benzene rings is 1. The van der Waals surface area contributed by atoms with Crippen LogP contribution in [0.15, 0.2) is 16.6 Å². The van der Waals surface area contributed by atoms with Crippen molar-refractivity contribution in [1.29, 1.82) is 5.26 Å². The van der Waals surface area contributed by atoms with Crippen LogP contribution in [0.5, 0.6) is 0 Å². The Kier molecular flexibility index (Phi) is 6.28. The number of aliphatic hydroxyl groups is 1. The minimum absolute atomic E-state index is 0.0653. The molecule has 1 aromatic carbocycles. The highest BCUT2D eigenvalue weighted by atomic mass is 79.9. The van der Waals surface area contributed by atoms with Crippen molar-refractivity contribution in [3.8, 4) is 6.07 Å². The predicted molar refractivity (Wildman–Crippen MR) is 102 cm³/mol. The Labute approximate surface area is 165 Å². The first kappa shape index (κ1) is 20.9. The first-order chi connectivity index (χ1) is 12.6. The van der Waals surface area contributed by atoms with Crippen LogP contribution in [0.2, 0.25) is 0 Å². The summed E-state index contributed by atoms with van der Waals surface area (Å²) in [4.78, 5) is 26.1. The van der Waals surface area contributed by atoms with E-state index in [1.54, 1.807) is 20.8 Å². The van der Waals surface area contributed by atoms with Gasteiger partial charge < -0.3 is 19.6 Å². The number of nitro groups is 1. The first-order valence-electron chi connectivity index (χ1n) is 8.31. The van der Waals surface area contributed by atoms with Crippen LogP contribution in [-0.4, -0.2) is 58.9 Å². The largest absolute Gasteiger partial charge is 0.444 e. The van der Waals surface area contributed by atoms with Crippen LogP contribution in [0, 0.1) is 21.4 Å². The Bertz CT molecular complexity index is 787. The average molecular weight is 441 g/mol. The minimum atomic E-state index is -0.619. The fourth-order valence-corrected chi connectivity index (χ4v) is 3.39. The van der Waals surface area contributed by atoms with E-state index in [1.165, 1.54) is 17.0 Å². The summed E-state index contributed by atoms with van der Waals surface area (Å²) >= 11 is 3.31. The van der Waals surface area contributed by atoms with Crippen molar-refractivity contribution in [1.82, 2.24) is 4.90 Å². The molecule has 9 nitrogen and oxygen atoms in total. The van der Waals surface area contributed by atoms with E-state index >= 15 is 0 Å². The number of hydrogen-bond donors (Lipinski definition) is 1. The number of rotatable bonds is 3. The average Bonchev–Trinajstić information content (AvgIpc) is 2.59. The van der Waals surface area contributed by atoms with Crippen molar-refractivity contribution >= 4 is 33.4 Å². The molecule has 1 heterocycles. The monoisotopic (exact) mass is 440 g/mol. The van der Waals surface area contributed by atoms with Crippen LogP contribution in [0.3, 0.4) is 0 Å². The molecule has 0 unspecified atom stereocenters. The van der Waals surface area contributed by atoms with E-state index < -0.39 is 22.7 Å². The van der Waals surface area contributed by atoms with Gasteiger partial charge in [0.05, 0.1) is 23.3 Å². The highest BCUT2D eigenvalue weighted by molar-refractivity contribution is 9.10. The molecule has 1 aliphatic rings. The van der Waals surface area contributed by atoms with E-state index in [-0.39, 0.29) is 24.4 Å². The number of carbonyl (C=O) groups is 1. The van der Waals surface area contributed by atoms with E-state index in [2.05, 4.69) is 15.9 Å². The number of nitriles is 1. The van der Waals surface area contributed by atoms with Gasteiger partial charge in [0.25, 0.3) is 5.69 Å². The second-order valence-corrected chi connectivity index (χ2v) is 8.00. The molecule has 0 aromatic heterocycles. The lowest BCUT2D eigenvalue weighted by Crippen LogP contribution is -2.57. The molecular formula is C17H21BrN4O5. The van der Waals surface area contributed by atoms with Gasteiger partial charge in [-0.2, -0.15) is 5.26 Å². The summed E-state index contributed by atoms with van der Waals surface area (Å²) < 4.78 is 5.81. The van der Waals surface area contributed by atoms with E-state index in [4.69, 9.17) is 4.74 Å². The second-order valence-electron chi connectivity index (χ2n) is 7.15. The maximum Gasteiger partial charge on any atom is 0.410 e. The van der Waals surface area contributed by atoms with Crippen LogP contribution in [0.4, 0.5) is 16.2 Å². The Morgan fingerprint density at radius 1 is 1.48 bits per heavy atom. The van der Waals surface area contributed by atoms with Crippen molar-refractivity contribution in [3.63, 3.8) is 0 Å². The van der Waals surface area contributed by atoms with Gasteiger partial charge in [0.1, 0.15) is 17.2 Å². The van der Waals surface area contributed by atoms with Crippen molar-refractivity contribution in [3.05, 3.63) is 32.3 Å². The van der Waals surface area contributed by atoms with Crippen LogP contribution < -0.4 is 4.90 Å². The van der Waals surface area contributed by atoms with Crippen LogP contribution >= 0.6 is 15.9 Å². The number of hydrogen-bond acceptors (Lipinski definition) is 7. The Morgan fingerprint density at radius 3 is 2.67 bits per heavy atom. The smallest absolute Gasteiger partial charge is 0.410 e. The van der Waals surface area contributed by atoms with Gasteiger partial charge in [-0.3, -0.25) is 10.1 Å². The molecule has 1 aliphatic heterocycles. The molecule has 2 rings (SSSR count). The molecule has 1 amide bonds. The van der Waals surface area contributed by atoms with Crippen molar-refractivity contribution in [2.24, 2.45) is 0 Å². The summed E-state index contributed by atoms with van der Waals surface area (Å²) in [5, 5.41) is 30.1. The molecule has 1 fully saturated rings. The number of nitrogens with zero attached hydrogens (tertiary/aromatic N) is 4. The Morgan fingerprint density at radius 2 is 2.15 bits per heavy atom. The third-order valence-electron chi connectivity index (χ3n) is 4.04. The SMILES string of the molecule is CC(C)(C)OC(=O)N1CCN(c2cc(C#N)c([N+](=O)[O-])cc2Br)[C@@H](CO)C1. The molecule has 146 valence electrons. The number of halogens is 1. The molecule has 1 atom stereocenters. The molecule has 0 spiro atoms. The van der Waals surface area contributed by atoms with Gasteiger partial charge in [-0.15, -0.1) is 0 Å². The molecule has 0 aliphatic carbocycles. The molecule has 0 saturated carbocycles. The molecule has 1 N–H and O–H groups in total. The summed E-state index contributed by atoms with van der Waals surface area (Å²) in [6.45, 7) is 6.08. The maximum absolute atomic E-state index is 12.3. The van der Waals surface area contributed by atoms with Crippen LogP contribution in [-0.2, 0) is 4.74 Å². The summed E-state index contributed by atoms with van der Waals surface area (Å²) in [6.07, 6.45) is -0.457. The molecule has 0 radical (unpaired) electrons. The van der Waals surface area contributed by atoms with Crippen molar-refractivity contribution in [2.45, 2.75) is 32.4 Å². The van der Waals surface area contributed by atoms with Gasteiger partial charge in [-0.1, -0.05) is 0 Å². The van der Waals surface area contributed by atoms with Gasteiger partial charge >= 0.3 is 6.09 Å². The Hall–Kier alpha value is -2.38. The topological polar surface area (TPSA) is 120 Å². The lowest BCUT2D eigenvalue weighted by atomic mass is 10.1. The molecule has 1 saturated heterocycles. The fraction of sp³-hybridized carbons (Fsp3) is 0.529. The lowest BCUT2D eigenvalue weighted by Gasteiger charge is -2.42. The van der Waals surface area contributed by atoms with E-state index in [0.717, 1.165) is 0 Å². The number of aliphatic hydroxyl groups excluding tert-OH is 1. The van der Waals surface area contributed by atoms with E-state index in [9.17, 15) is 25.3 Å². The first-order valence-corrected chi connectivity index (χ1v) is 9.10. The van der Waals surface area contributed by atoms with Crippen LogP contribution in [0.25, 0.3) is 0 Å². The molecule has 0 bridgehead atoms. The van der Waals surface area contributed by atoms with Gasteiger partial charge in [-0.05, 0) is 42.8 Å². The maximum atomic E-state index is 12.3. The normalized spacial score (nSPS) is 17.4. The summed E-state index contributed by atoms with van der Waals surface area (Å²) in [7, 11) is 0. The summed E-state index contributed by atoms with van der Waals surface area (Å²) in [6, 6.07) is 4.10. The van der Waals surface area contributed by atoms with Gasteiger partial charge in [-0.25, -0.2) is 4.79 Å². The number of nitro benzene ring substituents is 1. The zero-order chi connectivity index (χ0) is 20.4. The summed E-state index contributed by atoms with van der Waals surface area (Å²) in [5.74, 6) is 0. The fourth-order valence-electron chi connectivity index (χ4n) is 2.83. The van der Waals surface area contributed by atoms with Gasteiger partial charge in [0.2, 0.25) is 0 Å². The molecule has 27 heavy (non-hydrogen) atoms. The summed E-state index contributed by atoms with van der Waals surface area (Å²) in [5.41, 5.74) is -0.419. The van der Waals surface area contributed by atoms with Gasteiger partial charge in [0, 0.05) is 30.2 Å². The van der Waals surface area contributed by atoms with Crippen molar-refractivity contribution < 1.29 is 19.6 Å². The predicted octanol–water partition coefficient (Wildman–Crippen LogP) is 2.65. The zero-order valence-electron chi connectivity index (χ0n) is 15.3. The number of piperazine rings is 1. The number of ether oxygens (including phenoxy) is 1. The molecular weight excluding hydrogens is 420 g/mol. The highest BCUT2D eigenvalue weighted by Gasteiger charge is 2.33. The standard InChI is InChI=1S/C17H21BrN4O5/c1-17(2,3)27-16(24)20-4-5-21(12(9-20)10-23)15-6-11(8-19)14(22(25)26)7-13(15)18/h6-7,12,23H,4-5,9-10H2,1-3H3/t12-/m1/s1. The molecule has 1 aromatic rings. The third-order valence-corrected chi connectivity index (χ3v) is 4.67. The zero-order valence-corrected chi connectivity index (χ0v) is 16.9. The van der Waals surface area contributed by atoms with Gasteiger partial charge in [0.15, 0.2) is 0 Å². The highest BCUT2D eigenvalue weighted by Crippen LogP contribution is 2.35. The van der Waals surface area contributed by atoms with Crippen molar-refractivity contribution in [2.75, 3.05) is 31.1 Å². The lowest BCUT2D eigenvalue weighted by molar-refractivity contribution is -0.385. The number of carbonyl (C=O) groups excluding carboxylic acids is 1. The number of anilines is 1. The van der Waals surface area contributed by atoms with E-state index in [1.807, 2.05) is 11.0 Å². The minimum Gasteiger partial charge on any atom is -0.444 e. The number of amides is 1.